The standard InChI is InChI=1S/C15H22N2O2/c1-19-14-6-2-4-12(8-14)9-15(18)17-7-3-5-13(10-16)11-17/h2,4,6,8,13H,3,5,7,9-11,16H2,1H3. The zero-order valence-corrected chi connectivity index (χ0v) is 11.5. The Morgan fingerprint density at radius 2 is 2.37 bits per heavy atom. The molecule has 0 saturated carbocycles. The smallest absolute Gasteiger partial charge is 0.227 e. The second-order valence-corrected chi connectivity index (χ2v) is 5.11. The van der Waals surface area contributed by atoms with Crippen LogP contribution in [0, 0.1) is 5.92 Å². The van der Waals surface area contributed by atoms with Crippen molar-refractivity contribution < 1.29 is 9.53 Å². The predicted molar refractivity (Wildman–Crippen MR) is 75.1 cm³/mol. The van der Waals surface area contributed by atoms with Gasteiger partial charge in [-0.1, -0.05) is 12.1 Å². The first-order valence-electron chi connectivity index (χ1n) is 6.83. The molecule has 4 nitrogen and oxygen atoms in total. The third-order valence-corrected chi connectivity index (χ3v) is 3.69. The number of rotatable bonds is 4. The van der Waals surface area contributed by atoms with Gasteiger partial charge in [-0.05, 0) is 43.0 Å². The van der Waals surface area contributed by atoms with Crippen LogP contribution >= 0.6 is 0 Å². The van der Waals surface area contributed by atoms with Gasteiger partial charge in [-0.2, -0.15) is 0 Å². The maximum Gasteiger partial charge on any atom is 0.227 e. The molecule has 0 radical (unpaired) electrons. The lowest BCUT2D eigenvalue weighted by Gasteiger charge is -2.32. The summed E-state index contributed by atoms with van der Waals surface area (Å²) in [4.78, 5) is 14.2. The zero-order valence-electron chi connectivity index (χ0n) is 11.5. The Bertz CT molecular complexity index is 434. The summed E-state index contributed by atoms with van der Waals surface area (Å²) in [5.41, 5.74) is 6.70. The van der Waals surface area contributed by atoms with Gasteiger partial charge in [0.1, 0.15) is 5.75 Å². The van der Waals surface area contributed by atoms with Crippen LogP contribution in [0.5, 0.6) is 5.75 Å². The first-order valence-corrected chi connectivity index (χ1v) is 6.83. The van der Waals surface area contributed by atoms with E-state index in [1.807, 2.05) is 29.2 Å². The van der Waals surface area contributed by atoms with E-state index in [0.717, 1.165) is 37.2 Å². The van der Waals surface area contributed by atoms with E-state index in [4.69, 9.17) is 10.5 Å². The lowest BCUT2D eigenvalue weighted by molar-refractivity contribution is -0.132. The van der Waals surface area contributed by atoms with Gasteiger partial charge in [0.15, 0.2) is 0 Å². The van der Waals surface area contributed by atoms with E-state index < -0.39 is 0 Å². The van der Waals surface area contributed by atoms with Crippen molar-refractivity contribution in [2.45, 2.75) is 19.3 Å². The average molecular weight is 262 g/mol. The monoisotopic (exact) mass is 262 g/mol. The highest BCUT2D eigenvalue weighted by atomic mass is 16.5. The van der Waals surface area contributed by atoms with Crippen LogP contribution in [0.3, 0.4) is 0 Å². The lowest BCUT2D eigenvalue weighted by atomic mass is 9.97. The van der Waals surface area contributed by atoms with E-state index in [9.17, 15) is 4.79 Å². The maximum atomic E-state index is 12.3. The zero-order chi connectivity index (χ0) is 13.7. The minimum Gasteiger partial charge on any atom is -0.497 e. The Balaban J connectivity index is 1.96. The SMILES string of the molecule is COc1cccc(CC(=O)N2CCCC(CN)C2)c1. The number of methoxy groups -OCH3 is 1. The largest absolute Gasteiger partial charge is 0.497 e. The number of ether oxygens (including phenoxy) is 1. The maximum absolute atomic E-state index is 12.3. The molecule has 2 N–H and O–H groups in total. The molecule has 4 heteroatoms. The average Bonchev–Trinajstić information content (AvgIpc) is 2.47. The van der Waals surface area contributed by atoms with Crippen LogP contribution in [0.4, 0.5) is 0 Å². The van der Waals surface area contributed by atoms with Crippen LogP contribution in [0.1, 0.15) is 18.4 Å². The lowest BCUT2D eigenvalue weighted by Crippen LogP contribution is -2.42. The van der Waals surface area contributed by atoms with E-state index in [0.29, 0.717) is 18.9 Å². The summed E-state index contributed by atoms with van der Waals surface area (Å²) in [6, 6.07) is 7.69. The fourth-order valence-electron chi connectivity index (χ4n) is 2.55. The van der Waals surface area contributed by atoms with E-state index >= 15 is 0 Å². The fraction of sp³-hybridized carbons (Fsp3) is 0.533. The Hall–Kier alpha value is -1.55. The van der Waals surface area contributed by atoms with Crippen molar-refractivity contribution in [1.29, 1.82) is 0 Å². The molecule has 19 heavy (non-hydrogen) atoms. The van der Waals surface area contributed by atoms with Crippen LogP contribution in [0.25, 0.3) is 0 Å². The van der Waals surface area contributed by atoms with Gasteiger partial charge < -0.3 is 15.4 Å². The van der Waals surface area contributed by atoms with Crippen molar-refractivity contribution in [2.75, 3.05) is 26.7 Å². The molecule has 1 heterocycles. The molecule has 1 atom stereocenters. The van der Waals surface area contributed by atoms with Crippen molar-refractivity contribution in [3.8, 4) is 5.75 Å². The third kappa shape index (κ3) is 3.70. The number of amides is 1. The molecule has 0 spiro atoms. The summed E-state index contributed by atoms with van der Waals surface area (Å²) in [6.07, 6.45) is 2.64. The van der Waals surface area contributed by atoms with E-state index in [2.05, 4.69) is 0 Å². The number of likely N-dealkylation sites (tertiary alicyclic amines) is 1. The second kappa shape index (κ2) is 6.57. The molecule has 0 bridgehead atoms. The topological polar surface area (TPSA) is 55.6 Å². The molecule has 2 rings (SSSR count). The molecule has 1 aromatic rings. The summed E-state index contributed by atoms with van der Waals surface area (Å²) >= 11 is 0. The van der Waals surface area contributed by atoms with Crippen LogP contribution in [0.15, 0.2) is 24.3 Å². The number of benzene rings is 1. The molecule has 1 amide bonds. The van der Waals surface area contributed by atoms with Gasteiger partial charge in [-0.25, -0.2) is 0 Å². The minimum atomic E-state index is 0.186. The summed E-state index contributed by atoms with van der Waals surface area (Å²) in [5.74, 6) is 1.44. The molecule has 1 unspecified atom stereocenters. The van der Waals surface area contributed by atoms with Crippen LogP contribution in [-0.4, -0.2) is 37.6 Å². The third-order valence-electron chi connectivity index (χ3n) is 3.69. The molecular weight excluding hydrogens is 240 g/mol. The normalized spacial score (nSPS) is 19.3. The van der Waals surface area contributed by atoms with Crippen molar-refractivity contribution >= 4 is 5.91 Å². The Kier molecular flexibility index (Phi) is 4.80. The van der Waals surface area contributed by atoms with Crippen LogP contribution in [0.2, 0.25) is 0 Å². The summed E-state index contributed by atoms with van der Waals surface area (Å²) in [5, 5.41) is 0. The quantitative estimate of drug-likeness (QED) is 0.893. The van der Waals surface area contributed by atoms with Crippen molar-refractivity contribution in [3.05, 3.63) is 29.8 Å². The first kappa shape index (κ1) is 13.9. The van der Waals surface area contributed by atoms with Gasteiger partial charge in [-0.15, -0.1) is 0 Å². The Labute approximate surface area is 114 Å². The van der Waals surface area contributed by atoms with E-state index in [1.54, 1.807) is 7.11 Å². The Morgan fingerprint density at radius 3 is 3.11 bits per heavy atom. The molecule has 0 aliphatic carbocycles. The number of carbonyl (C=O) groups excluding carboxylic acids is 1. The number of hydrogen-bond acceptors (Lipinski definition) is 3. The number of hydrogen-bond donors (Lipinski definition) is 1. The van der Waals surface area contributed by atoms with Gasteiger partial charge in [0.2, 0.25) is 5.91 Å². The fourth-order valence-corrected chi connectivity index (χ4v) is 2.55. The Morgan fingerprint density at radius 1 is 1.53 bits per heavy atom. The van der Waals surface area contributed by atoms with Crippen molar-refractivity contribution in [2.24, 2.45) is 11.7 Å². The molecule has 1 aliphatic heterocycles. The van der Waals surface area contributed by atoms with Gasteiger partial charge in [0.25, 0.3) is 0 Å². The van der Waals surface area contributed by atoms with Gasteiger partial charge in [0, 0.05) is 13.1 Å². The summed E-state index contributed by atoms with van der Waals surface area (Å²) < 4.78 is 5.17. The number of nitrogens with zero attached hydrogens (tertiary/aromatic N) is 1. The molecule has 1 fully saturated rings. The van der Waals surface area contributed by atoms with E-state index in [-0.39, 0.29) is 5.91 Å². The highest BCUT2D eigenvalue weighted by molar-refractivity contribution is 5.79. The van der Waals surface area contributed by atoms with Crippen molar-refractivity contribution in [3.63, 3.8) is 0 Å². The van der Waals surface area contributed by atoms with Gasteiger partial charge >= 0.3 is 0 Å². The highest BCUT2D eigenvalue weighted by Crippen LogP contribution is 2.18. The number of nitrogens with two attached hydrogens (primary N) is 1. The number of carbonyl (C=O) groups is 1. The summed E-state index contributed by atoms with van der Waals surface area (Å²) in [6.45, 7) is 2.33. The molecule has 1 saturated heterocycles. The molecule has 1 aromatic carbocycles. The van der Waals surface area contributed by atoms with Gasteiger partial charge in [-0.3, -0.25) is 4.79 Å². The summed E-state index contributed by atoms with van der Waals surface area (Å²) in [7, 11) is 1.64. The first-order chi connectivity index (χ1) is 9.22. The van der Waals surface area contributed by atoms with Gasteiger partial charge in [0.05, 0.1) is 13.5 Å². The molecular formula is C15H22N2O2. The van der Waals surface area contributed by atoms with Crippen molar-refractivity contribution in [1.82, 2.24) is 4.90 Å². The molecule has 0 aromatic heterocycles. The molecule has 104 valence electrons. The molecule has 1 aliphatic rings. The second-order valence-electron chi connectivity index (χ2n) is 5.11. The van der Waals surface area contributed by atoms with E-state index in [1.165, 1.54) is 0 Å². The predicted octanol–water partition coefficient (Wildman–Crippen LogP) is 1.43. The van der Waals surface area contributed by atoms with Crippen LogP contribution in [-0.2, 0) is 11.2 Å². The minimum absolute atomic E-state index is 0.186. The number of piperidine rings is 1. The van der Waals surface area contributed by atoms with Crippen LogP contribution < -0.4 is 10.5 Å². The highest BCUT2D eigenvalue weighted by Gasteiger charge is 2.22.